The quantitative estimate of drug-likeness (QED) is 0.387. The van der Waals surface area contributed by atoms with E-state index in [0.717, 1.165) is 6.07 Å². The third kappa shape index (κ3) is 3.56. The highest BCUT2D eigenvalue weighted by Gasteiger charge is 2.31. The summed E-state index contributed by atoms with van der Waals surface area (Å²) in [4.78, 5) is 1.94. The highest BCUT2D eigenvalue weighted by Crippen LogP contribution is 2.32. The van der Waals surface area contributed by atoms with E-state index >= 15 is 0 Å². The van der Waals surface area contributed by atoms with Gasteiger partial charge in [-0.3, -0.25) is 0 Å². The summed E-state index contributed by atoms with van der Waals surface area (Å²) in [6.07, 6.45) is 0.440. The molecule has 10 heteroatoms. The lowest BCUT2D eigenvalue weighted by molar-refractivity contribution is 0.415. The number of nitrogens with two attached hydrogens (primary N) is 1. The number of hydrogen-bond donors (Lipinski definition) is 1. The van der Waals surface area contributed by atoms with Gasteiger partial charge in [-0.2, -0.15) is 4.52 Å². The number of benzene rings is 2. The lowest BCUT2D eigenvalue weighted by atomic mass is 9.85. The molecule has 164 valence electrons. The Labute approximate surface area is 180 Å². The fourth-order valence-electron chi connectivity index (χ4n) is 4.13. The van der Waals surface area contributed by atoms with E-state index in [-0.39, 0.29) is 11.4 Å². The second kappa shape index (κ2) is 7.86. The number of aromatic nitrogens is 4. The molecule has 0 radical (unpaired) electrons. The van der Waals surface area contributed by atoms with Crippen LogP contribution in [0.3, 0.4) is 0 Å². The Morgan fingerprint density at radius 2 is 1.62 bits per heavy atom. The number of halogens is 4. The van der Waals surface area contributed by atoms with Crippen molar-refractivity contribution in [2.24, 2.45) is 5.73 Å². The molecule has 2 atom stereocenters. The van der Waals surface area contributed by atoms with Gasteiger partial charge < -0.3 is 10.6 Å². The molecule has 0 saturated carbocycles. The predicted octanol–water partition coefficient (Wildman–Crippen LogP) is 3.67. The first kappa shape index (κ1) is 20.4. The van der Waals surface area contributed by atoms with Gasteiger partial charge >= 0.3 is 0 Å². The van der Waals surface area contributed by atoms with Crippen LogP contribution >= 0.6 is 0 Å². The van der Waals surface area contributed by atoms with Gasteiger partial charge in [0.05, 0.1) is 0 Å². The van der Waals surface area contributed by atoms with Gasteiger partial charge in [-0.05, 0) is 54.4 Å². The monoisotopic (exact) mass is 442 g/mol. The standard InChI is InChI=1S/C22H18F4N6/c23-13-3-1-12(2-4-13)22-29-28-20-5-6-21(30-32(20)22)31-8-7-14(19(27)11-31)15-9-17(25)18(26)10-16(15)24/h1-6,9-10,14,19H,7-8,11,27H2/t14-,19+/m1/s1. The average molecular weight is 442 g/mol. The molecule has 3 heterocycles. The van der Waals surface area contributed by atoms with Crippen LogP contribution in [0, 0.1) is 23.3 Å². The van der Waals surface area contributed by atoms with Crippen LogP contribution in [-0.2, 0) is 0 Å². The van der Waals surface area contributed by atoms with E-state index in [9.17, 15) is 17.6 Å². The fraction of sp³-hybridized carbons (Fsp3) is 0.227. The van der Waals surface area contributed by atoms with Crippen molar-refractivity contribution < 1.29 is 17.6 Å². The third-order valence-corrected chi connectivity index (χ3v) is 5.77. The minimum Gasteiger partial charge on any atom is -0.354 e. The van der Waals surface area contributed by atoms with Crippen molar-refractivity contribution in [1.29, 1.82) is 0 Å². The zero-order chi connectivity index (χ0) is 22.4. The molecule has 1 saturated heterocycles. The number of fused-ring (bicyclic) bond motifs is 1. The minimum atomic E-state index is -1.22. The zero-order valence-corrected chi connectivity index (χ0v) is 16.7. The number of hydrogen-bond acceptors (Lipinski definition) is 5. The maximum atomic E-state index is 14.2. The van der Waals surface area contributed by atoms with Crippen molar-refractivity contribution in [3.05, 3.63) is 77.4 Å². The van der Waals surface area contributed by atoms with Crippen LogP contribution in [0.1, 0.15) is 17.9 Å². The topological polar surface area (TPSA) is 72.3 Å². The van der Waals surface area contributed by atoms with Crippen LogP contribution in [0.15, 0.2) is 48.5 Å². The molecule has 1 aliphatic rings. The maximum Gasteiger partial charge on any atom is 0.185 e. The third-order valence-electron chi connectivity index (χ3n) is 5.77. The van der Waals surface area contributed by atoms with Crippen LogP contribution in [0.2, 0.25) is 0 Å². The van der Waals surface area contributed by atoms with E-state index < -0.39 is 29.4 Å². The molecule has 2 N–H and O–H groups in total. The van der Waals surface area contributed by atoms with E-state index in [1.54, 1.807) is 28.8 Å². The van der Waals surface area contributed by atoms with Crippen LogP contribution in [0.25, 0.3) is 17.0 Å². The Hall–Kier alpha value is -3.53. The van der Waals surface area contributed by atoms with Crippen LogP contribution in [0.5, 0.6) is 0 Å². The Balaban J connectivity index is 1.41. The number of piperidine rings is 1. The Kier molecular flexibility index (Phi) is 5.01. The van der Waals surface area contributed by atoms with Gasteiger partial charge in [0.25, 0.3) is 0 Å². The van der Waals surface area contributed by atoms with Gasteiger partial charge in [-0.1, -0.05) is 0 Å². The summed E-state index contributed by atoms with van der Waals surface area (Å²) in [5.74, 6) is -2.85. The molecule has 1 fully saturated rings. The number of rotatable bonds is 3. The first-order chi connectivity index (χ1) is 15.4. The SMILES string of the molecule is N[C@H]1CN(c2ccc3nnc(-c4ccc(F)cc4)n3n2)CC[C@@H]1c1cc(F)c(F)cc1F. The minimum absolute atomic E-state index is 0.0804. The fourth-order valence-corrected chi connectivity index (χ4v) is 4.13. The maximum absolute atomic E-state index is 14.2. The Bertz CT molecular complexity index is 1290. The molecule has 5 rings (SSSR count). The summed E-state index contributed by atoms with van der Waals surface area (Å²) in [5, 5.41) is 12.9. The van der Waals surface area contributed by atoms with Crippen molar-refractivity contribution in [2.75, 3.05) is 18.0 Å². The van der Waals surface area contributed by atoms with Crippen molar-refractivity contribution in [2.45, 2.75) is 18.4 Å². The normalized spacial score (nSPS) is 19.0. The van der Waals surface area contributed by atoms with Gasteiger partial charge in [-0.15, -0.1) is 15.3 Å². The van der Waals surface area contributed by atoms with Crippen molar-refractivity contribution >= 4 is 11.5 Å². The summed E-state index contributed by atoms with van der Waals surface area (Å²) >= 11 is 0. The molecule has 0 bridgehead atoms. The van der Waals surface area contributed by atoms with Crippen LogP contribution in [0.4, 0.5) is 23.4 Å². The van der Waals surface area contributed by atoms with Gasteiger partial charge in [0.2, 0.25) is 0 Å². The number of nitrogens with zero attached hydrogens (tertiary/aromatic N) is 5. The molecule has 0 spiro atoms. The Morgan fingerprint density at radius 1 is 0.875 bits per heavy atom. The highest BCUT2D eigenvalue weighted by molar-refractivity contribution is 5.59. The van der Waals surface area contributed by atoms with Gasteiger partial charge in [0, 0.05) is 36.7 Å². The highest BCUT2D eigenvalue weighted by atomic mass is 19.2. The van der Waals surface area contributed by atoms with E-state index in [0.29, 0.717) is 48.4 Å². The van der Waals surface area contributed by atoms with E-state index in [4.69, 9.17) is 5.73 Å². The molecule has 4 aromatic rings. The van der Waals surface area contributed by atoms with Gasteiger partial charge in [0.15, 0.2) is 23.1 Å². The predicted molar refractivity (Wildman–Crippen MR) is 110 cm³/mol. The average Bonchev–Trinajstić information content (AvgIpc) is 3.20. The summed E-state index contributed by atoms with van der Waals surface area (Å²) in [7, 11) is 0. The summed E-state index contributed by atoms with van der Waals surface area (Å²) in [6.45, 7) is 0.832. The molecule has 0 unspecified atom stereocenters. The molecule has 32 heavy (non-hydrogen) atoms. The molecule has 2 aromatic heterocycles. The second-order valence-electron chi connectivity index (χ2n) is 7.78. The largest absolute Gasteiger partial charge is 0.354 e. The van der Waals surface area contributed by atoms with Crippen molar-refractivity contribution in [1.82, 2.24) is 19.8 Å². The molecule has 0 aliphatic carbocycles. The summed E-state index contributed by atoms with van der Waals surface area (Å²) < 4.78 is 56.0. The second-order valence-corrected chi connectivity index (χ2v) is 7.78. The zero-order valence-electron chi connectivity index (χ0n) is 16.7. The van der Waals surface area contributed by atoms with Crippen molar-refractivity contribution in [3.63, 3.8) is 0 Å². The van der Waals surface area contributed by atoms with Crippen molar-refractivity contribution in [3.8, 4) is 11.4 Å². The number of anilines is 1. The first-order valence-corrected chi connectivity index (χ1v) is 10.0. The van der Waals surface area contributed by atoms with Gasteiger partial charge in [0.1, 0.15) is 17.5 Å². The first-order valence-electron chi connectivity index (χ1n) is 10.0. The summed E-state index contributed by atoms with van der Waals surface area (Å²) in [6, 6.07) is 10.3. The molecule has 0 amide bonds. The molecular weight excluding hydrogens is 424 g/mol. The van der Waals surface area contributed by atoms with Gasteiger partial charge in [-0.25, -0.2) is 17.6 Å². The summed E-state index contributed by atoms with van der Waals surface area (Å²) in [5.41, 5.74) is 7.57. The van der Waals surface area contributed by atoms with Crippen LogP contribution in [-0.4, -0.2) is 38.9 Å². The van der Waals surface area contributed by atoms with E-state index in [1.807, 2.05) is 4.90 Å². The lowest BCUT2D eigenvalue weighted by Gasteiger charge is -2.37. The molecular formula is C22H18F4N6. The Morgan fingerprint density at radius 3 is 2.38 bits per heavy atom. The van der Waals surface area contributed by atoms with E-state index in [1.165, 1.54) is 12.1 Å². The smallest absolute Gasteiger partial charge is 0.185 e. The molecule has 2 aromatic carbocycles. The van der Waals surface area contributed by atoms with E-state index in [2.05, 4.69) is 15.3 Å². The van der Waals surface area contributed by atoms with Crippen LogP contribution < -0.4 is 10.6 Å². The molecule has 6 nitrogen and oxygen atoms in total. The lowest BCUT2D eigenvalue weighted by Crippen LogP contribution is -2.48. The molecule has 1 aliphatic heterocycles.